The monoisotopic (exact) mass is 184 g/mol. The van der Waals surface area contributed by atoms with Crippen molar-refractivity contribution in [3.63, 3.8) is 0 Å². The highest BCUT2D eigenvalue weighted by Gasteiger charge is 2.55. The van der Waals surface area contributed by atoms with E-state index in [1.807, 2.05) is 0 Å². The molecule has 3 aliphatic rings. The van der Waals surface area contributed by atoms with E-state index >= 15 is 0 Å². The maximum absolute atomic E-state index is 11.3. The molecule has 0 aromatic rings. The zero-order valence-corrected chi connectivity index (χ0v) is 7.32. The van der Waals surface area contributed by atoms with Crippen molar-refractivity contribution in [1.29, 1.82) is 0 Å². The predicted molar refractivity (Wildman–Crippen MR) is 41.8 cm³/mol. The molecule has 3 fully saturated rings. The second-order valence-corrected chi connectivity index (χ2v) is 4.01. The van der Waals surface area contributed by atoms with E-state index in [2.05, 4.69) is 0 Å². The van der Waals surface area contributed by atoms with Gasteiger partial charge in [-0.3, -0.25) is 4.79 Å². The average Bonchev–Trinajstić information content (AvgIpc) is 2.76. The maximum atomic E-state index is 11.3. The molecule has 3 rings (SSSR count). The predicted octanol–water partition coefficient (Wildman–Crippen LogP) is 0.312. The van der Waals surface area contributed by atoms with Gasteiger partial charge in [0, 0.05) is 18.8 Å². The molecule has 4 heteroatoms. The highest BCUT2D eigenvalue weighted by Crippen LogP contribution is 2.47. The fourth-order valence-corrected chi connectivity index (χ4v) is 2.61. The van der Waals surface area contributed by atoms with Gasteiger partial charge in [-0.15, -0.1) is 0 Å². The standard InChI is InChI=1S/C9H12O4/c10-8-7-4-9(12-1-2-13-9)3-6(7)5-11-8/h6-7H,1-5H2/t6-,7?/m1/s1. The Bertz CT molecular complexity index is 244. The number of carbonyl (C=O) groups is 1. The highest BCUT2D eigenvalue weighted by molar-refractivity contribution is 5.75. The summed E-state index contributed by atoms with van der Waals surface area (Å²) in [5.74, 6) is -0.154. The van der Waals surface area contributed by atoms with Gasteiger partial charge in [-0.2, -0.15) is 0 Å². The van der Waals surface area contributed by atoms with Crippen molar-refractivity contribution in [2.75, 3.05) is 19.8 Å². The Hall–Kier alpha value is -0.610. The summed E-state index contributed by atoms with van der Waals surface area (Å²) in [5, 5.41) is 0. The molecule has 0 aromatic heterocycles. The van der Waals surface area contributed by atoms with E-state index in [1.54, 1.807) is 0 Å². The summed E-state index contributed by atoms with van der Waals surface area (Å²) in [4.78, 5) is 11.3. The molecule has 0 amide bonds. The van der Waals surface area contributed by atoms with Gasteiger partial charge in [-0.25, -0.2) is 0 Å². The molecule has 0 N–H and O–H groups in total. The molecular formula is C9H12O4. The largest absolute Gasteiger partial charge is 0.465 e. The Balaban J connectivity index is 1.81. The Labute approximate surface area is 76.1 Å². The second kappa shape index (κ2) is 2.45. The first-order valence-corrected chi connectivity index (χ1v) is 4.74. The first kappa shape index (κ1) is 7.76. The van der Waals surface area contributed by atoms with Crippen molar-refractivity contribution >= 4 is 5.97 Å². The summed E-state index contributed by atoms with van der Waals surface area (Å²) >= 11 is 0. The molecule has 1 spiro atoms. The first-order chi connectivity index (χ1) is 6.29. The summed E-state index contributed by atoms with van der Waals surface area (Å²) in [6, 6.07) is 0. The summed E-state index contributed by atoms with van der Waals surface area (Å²) in [6.07, 6.45) is 1.51. The van der Waals surface area contributed by atoms with Crippen molar-refractivity contribution < 1.29 is 19.0 Å². The van der Waals surface area contributed by atoms with E-state index in [4.69, 9.17) is 14.2 Å². The van der Waals surface area contributed by atoms with Crippen LogP contribution in [0.5, 0.6) is 0 Å². The van der Waals surface area contributed by atoms with Gasteiger partial charge in [0.1, 0.15) is 0 Å². The van der Waals surface area contributed by atoms with Crippen LogP contribution in [0.1, 0.15) is 12.8 Å². The van der Waals surface area contributed by atoms with Gasteiger partial charge in [0.05, 0.1) is 25.7 Å². The minimum Gasteiger partial charge on any atom is -0.465 e. The summed E-state index contributed by atoms with van der Waals surface area (Å²) in [6.45, 7) is 1.88. The lowest BCUT2D eigenvalue weighted by Gasteiger charge is -2.21. The number of rotatable bonds is 0. The molecule has 1 unspecified atom stereocenters. The quantitative estimate of drug-likeness (QED) is 0.508. The third kappa shape index (κ3) is 1.02. The summed E-state index contributed by atoms with van der Waals surface area (Å²) in [5.41, 5.74) is 0. The van der Waals surface area contributed by atoms with Crippen molar-refractivity contribution in [3.05, 3.63) is 0 Å². The number of cyclic esters (lactones) is 1. The molecule has 2 saturated heterocycles. The number of esters is 1. The van der Waals surface area contributed by atoms with Gasteiger partial charge in [-0.05, 0) is 0 Å². The molecular weight excluding hydrogens is 172 g/mol. The van der Waals surface area contributed by atoms with Gasteiger partial charge in [0.2, 0.25) is 0 Å². The SMILES string of the molecule is O=C1OC[C@H]2CC3(CC12)OCCO3. The van der Waals surface area contributed by atoms with Crippen LogP contribution in [0.3, 0.4) is 0 Å². The van der Waals surface area contributed by atoms with Crippen LogP contribution >= 0.6 is 0 Å². The molecule has 1 saturated carbocycles. The molecule has 2 atom stereocenters. The van der Waals surface area contributed by atoms with Gasteiger partial charge in [0.15, 0.2) is 5.79 Å². The molecule has 2 aliphatic heterocycles. The topological polar surface area (TPSA) is 44.8 Å². The van der Waals surface area contributed by atoms with Crippen LogP contribution < -0.4 is 0 Å². The zero-order chi connectivity index (χ0) is 8.89. The average molecular weight is 184 g/mol. The van der Waals surface area contributed by atoms with E-state index in [0.717, 1.165) is 6.42 Å². The lowest BCUT2D eigenvalue weighted by molar-refractivity contribution is -0.165. The Morgan fingerprint density at radius 2 is 2.00 bits per heavy atom. The number of hydrogen-bond donors (Lipinski definition) is 0. The van der Waals surface area contributed by atoms with Crippen LogP contribution in [-0.2, 0) is 19.0 Å². The van der Waals surface area contributed by atoms with Gasteiger partial charge < -0.3 is 14.2 Å². The summed E-state index contributed by atoms with van der Waals surface area (Å²) < 4.78 is 16.1. The lowest BCUT2D eigenvalue weighted by Crippen LogP contribution is -2.28. The van der Waals surface area contributed by atoms with Crippen LogP contribution in [0.15, 0.2) is 0 Å². The fourth-order valence-electron chi connectivity index (χ4n) is 2.61. The zero-order valence-electron chi connectivity index (χ0n) is 7.32. The highest BCUT2D eigenvalue weighted by atomic mass is 16.7. The van der Waals surface area contributed by atoms with E-state index in [-0.39, 0.29) is 11.9 Å². The number of ether oxygens (including phenoxy) is 3. The van der Waals surface area contributed by atoms with Crippen LogP contribution in [-0.4, -0.2) is 31.6 Å². The molecule has 4 nitrogen and oxygen atoms in total. The molecule has 0 bridgehead atoms. The Kier molecular flexibility index (Phi) is 1.46. The molecule has 13 heavy (non-hydrogen) atoms. The molecule has 1 aliphatic carbocycles. The molecule has 2 heterocycles. The second-order valence-electron chi connectivity index (χ2n) is 4.01. The van der Waals surface area contributed by atoms with E-state index in [1.165, 1.54) is 0 Å². The van der Waals surface area contributed by atoms with Crippen molar-refractivity contribution in [3.8, 4) is 0 Å². The van der Waals surface area contributed by atoms with Crippen LogP contribution in [0.4, 0.5) is 0 Å². The molecule has 0 aromatic carbocycles. The summed E-state index contributed by atoms with van der Waals surface area (Å²) in [7, 11) is 0. The molecule has 0 radical (unpaired) electrons. The van der Waals surface area contributed by atoms with Crippen molar-refractivity contribution in [1.82, 2.24) is 0 Å². The Morgan fingerprint density at radius 3 is 2.69 bits per heavy atom. The van der Waals surface area contributed by atoms with E-state index in [9.17, 15) is 4.79 Å². The van der Waals surface area contributed by atoms with Gasteiger partial charge in [-0.1, -0.05) is 0 Å². The van der Waals surface area contributed by atoms with E-state index in [0.29, 0.717) is 32.2 Å². The van der Waals surface area contributed by atoms with Gasteiger partial charge >= 0.3 is 5.97 Å². The third-order valence-electron chi connectivity index (χ3n) is 3.23. The fraction of sp³-hybridized carbons (Fsp3) is 0.889. The van der Waals surface area contributed by atoms with Crippen LogP contribution in [0, 0.1) is 11.8 Å². The normalized spacial score (nSPS) is 41.1. The number of hydrogen-bond acceptors (Lipinski definition) is 4. The van der Waals surface area contributed by atoms with Crippen LogP contribution in [0.25, 0.3) is 0 Å². The minimum atomic E-state index is -0.436. The third-order valence-corrected chi connectivity index (χ3v) is 3.23. The number of carbonyl (C=O) groups excluding carboxylic acids is 1. The van der Waals surface area contributed by atoms with Crippen molar-refractivity contribution in [2.24, 2.45) is 11.8 Å². The van der Waals surface area contributed by atoms with Crippen molar-refractivity contribution in [2.45, 2.75) is 18.6 Å². The van der Waals surface area contributed by atoms with Gasteiger partial charge in [0.25, 0.3) is 0 Å². The Morgan fingerprint density at radius 1 is 1.23 bits per heavy atom. The lowest BCUT2D eigenvalue weighted by atomic mass is 10.0. The number of fused-ring (bicyclic) bond motifs is 1. The maximum Gasteiger partial charge on any atom is 0.309 e. The smallest absolute Gasteiger partial charge is 0.309 e. The van der Waals surface area contributed by atoms with E-state index < -0.39 is 5.79 Å². The molecule has 72 valence electrons. The first-order valence-electron chi connectivity index (χ1n) is 4.74. The minimum absolute atomic E-state index is 0.0260. The van der Waals surface area contributed by atoms with Crippen LogP contribution in [0.2, 0.25) is 0 Å².